The number of rotatable bonds is 6. The summed E-state index contributed by atoms with van der Waals surface area (Å²) in [6, 6.07) is 3.95. The molecule has 0 spiro atoms. The maximum Gasteiger partial charge on any atom is 0.224 e. The Morgan fingerprint density at radius 2 is 2.20 bits per heavy atom. The minimum absolute atomic E-state index is 0.000366. The van der Waals surface area contributed by atoms with E-state index in [2.05, 4.69) is 25.2 Å². The first kappa shape index (κ1) is 17.3. The van der Waals surface area contributed by atoms with E-state index < -0.39 is 0 Å². The standard InChI is InChI=1S/C18H23N5O2/c1-13-3-5-19-9-14(13)7-18(24)21-10-15-8-16(25-2)11-23(15)17-4-6-20-12-22-17/h3-6,9,12,15-16H,7-8,10-11H2,1-2H3,(H,21,24)/t15-,16-/m1/s1. The van der Waals surface area contributed by atoms with E-state index >= 15 is 0 Å². The van der Waals surface area contributed by atoms with Crippen molar-refractivity contribution in [2.75, 3.05) is 25.1 Å². The van der Waals surface area contributed by atoms with Crippen molar-refractivity contribution in [2.45, 2.75) is 31.9 Å². The second kappa shape index (κ2) is 8.02. The van der Waals surface area contributed by atoms with Crippen LogP contribution in [0.1, 0.15) is 17.5 Å². The molecule has 0 aromatic carbocycles. The van der Waals surface area contributed by atoms with E-state index in [1.807, 2.05) is 19.1 Å². The molecule has 1 aliphatic heterocycles. The van der Waals surface area contributed by atoms with Crippen molar-refractivity contribution in [3.05, 3.63) is 48.2 Å². The zero-order chi connectivity index (χ0) is 17.6. The first-order valence-electron chi connectivity index (χ1n) is 8.39. The zero-order valence-corrected chi connectivity index (χ0v) is 14.6. The van der Waals surface area contributed by atoms with Crippen LogP contribution in [0.2, 0.25) is 0 Å². The summed E-state index contributed by atoms with van der Waals surface area (Å²) in [6.07, 6.45) is 8.08. The van der Waals surface area contributed by atoms with Gasteiger partial charge in [-0.05, 0) is 36.6 Å². The average molecular weight is 341 g/mol. The number of carbonyl (C=O) groups excluding carboxylic acids is 1. The van der Waals surface area contributed by atoms with Crippen molar-refractivity contribution < 1.29 is 9.53 Å². The van der Waals surface area contributed by atoms with Crippen molar-refractivity contribution in [1.29, 1.82) is 0 Å². The summed E-state index contributed by atoms with van der Waals surface area (Å²) in [5.74, 6) is 0.858. The number of hydrogen-bond acceptors (Lipinski definition) is 6. The molecule has 0 aliphatic carbocycles. The van der Waals surface area contributed by atoms with Gasteiger partial charge in [-0.15, -0.1) is 0 Å². The van der Waals surface area contributed by atoms with Crippen LogP contribution in [0.25, 0.3) is 0 Å². The third-order valence-electron chi connectivity index (χ3n) is 4.60. The molecule has 132 valence electrons. The predicted octanol–water partition coefficient (Wildman–Crippen LogP) is 1.13. The number of nitrogens with one attached hydrogen (secondary N) is 1. The third kappa shape index (κ3) is 4.30. The fourth-order valence-corrected chi connectivity index (χ4v) is 3.12. The van der Waals surface area contributed by atoms with Gasteiger partial charge in [-0.2, -0.15) is 0 Å². The summed E-state index contributed by atoms with van der Waals surface area (Å²) in [4.78, 5) is 26.9. The fraction of sp³-hybridized carbons (Fsp3) is 0.444. The molecule has 1 saturated heterocycles. The summed E-state index contributed by atoms with van der Waals surface area (Å²) in [6.45, 7) is 3.30. The topological polar surface area (TPSA) is 80.2 Å². The van der Waals surface area contributed by atoms with Crippen LogP contribution in [0, 0.1) is 6.92 Å². The lowest BCUT2D eigenvalue weighted by Crippen LogP contribution is -2.41. The van der Waals surface area contributed by atoms with Gasteiger partial charge in [0.2, 0.25) is 5.91 Å². The molecule has 0 bridgehead atoms. The molecule has 7 nitrogen and oxygen atoms in total. The van der Waals surface area contributed by atoms with Crippen LogP contribution in [0.5, 0.6) is 0 Å². The van der Waals surface area contributed by atoms with Gasteiger partial charge in [0.1, 0.15) is 12.1 Å². The summed E-state index contributed by atoms with van der Waals surface area (Å²) in [7, 11) is 1.72. The Labute approximate surface area is 147 Å². The highest BCUT2D eigenvalue weighted by molar-refractivity contribution is 5.78. The van der Waals surface area contributed by atoms with Crippen LogP contribution in [0.4, 0.5) is 5.82 Å². The molecule has 0 saturated carbocycles. The van der Waals surface area contributed by atoms with Gasteiger partial charge in [0.25, 0.3) is 0 Å². The Bertz CT molecular complexity index is 710. The molecule has 7 heteroatoms. The Morgan fingerprint density at radius 1 is 1.36 bits per heavy atom. The van der Waals surface area contributed by atoms with Crippen molar-refractivity contribution in [3.8, 4) is 0 Å². The average Bonchev–Trinajstić information content (AvgIpc) is 3.06. The first-order chi connectivity index (χ1) is 12.2. The normalized spacial score (nSPS) is 19.8. The lowest BCUT2D eigenvalue weighted by atomic mass is 10.1. The van der Waals surface area contributed by atoms with E-state index in [1.54, 1.807) is 25.7 Å². The van der Waals surface area contributed by atoms with Gasteiger partial charge in [0.15, 0.2) is 0 Å². The van der Waals surface area contributed by atoms with Gasteiger partial charge in [-0.1, -0.05) is 0 Å². The Kier molecular flexibility index (Phi) is 5.55. The number of aryl methyl sites for hydroxylation is 1. The number of amides is 1. The second-order valence-corrected chi connectivity index (χ2v) is 6.25. The largest absolute Gasteiger partial charge is 0.380 e. The quantitative estimate of drug-likeness (QED) is 0.848. The van der Waals surface area contributed by atoms with Crippen molar-refractivity contribution in [3.63, 3.8) is 0 Å². The van der Waals surface area contributed by atoms with E-state index in [1.165, 1.54) is 6.33 Å². The number of hydrogen-bond donors (Lipinski definition) is 1. The molecule has 1 aliphatic rings. The SMILES string of the molecule is CO[C@@H]1C[C@H](CNC(=O)Cc2cnccc2C)N(c2ccncn2)C1. The highest BCUT2D eigenvalue weighted by Gasteiger charge is 2.33. The van der Waals surface area contributed by atoms with Crippen LogP contribution >= 0.6 is 0 Å². The fourth-order valence-electron chi connectivity index (χ4n) is 3.12. The minimum atomic E-state index is -0.000366. The number of ether oxygens (including phenoxy) is 1. The molecule has 3 heterocycles. The number of aromatic nitrogens is 3. The van der Waals surface area contributed by atoms with E-state index in [4.69, 9.17) is 4.74 Å². The van der Waals surface area contributed by atoms with Gasteiger partial charge < -0.3 is 15.0 Å². The number of carbonyl (C=O) groups is 1. The molecular weight excluding hydrogens is 318 g/mol. The molecule has 2 aromatic rings. The van der Waals surface area contributed by atoms with Crippen LogP contribution in [-0.2, 0) is 16.0 Å². The van der Waals surface area contributed by atoms with Crippen LogP contribution < -0.4 is 10.2 Å². The van der Waals surface area contributed by atoms with E-state index in [0.29, 0.717) is 13.0 Å². The summed E-state index contributed by atoms with van der Waals surface area (Å²) in [5, 5.41) is 3.04. The van der Waals surface area contributed by atoms with E-state index in [-0.39, 0.29) is 18.1 Å². The van der Waals surface area contributed by atoms with Gasteiger partial charge >= 0.3 is 0 Å². The molecule has 25 heavy (non-hydrogen) atoms. The van der Waals surface area contributed by atoms with Gasteiger partial charge in [-0.3, -0.25) is 9.78 Å². The van der Waals surface area contributed by atoms with Crippen molar-refractivity contribution in [1.82, 2.24) is 20.3 Å². The Morgan fingerprint density at radius 3 is 2.92 bits per heavy atom. The van der Waals surface area contributed by atoms with Crippen LogP contribution in [-0.4, -0.2) is 53.2 Å². The molecule has 2 atom stereocenters. The number of pyridine rings is 1. The van der Waals surface area contributed by atoms with Crippen molar-refractivity contribution >= 4 is 11.7 Å². The monoisotopic (exact) mass is 341 g/mol. The lowest BCUT2D eigenvalue weighted by molar-refractivity contribution is -0.120. The number of anilines is 1. The molecule has 1 amide bonds. The van der Waals surface area contributed by atoms with Crippen molar-refractivity contribution in [2.24, 2.45) is 0 Å². The second-order valence-electron chi connectivity index (χ2n) is 6.25. The van der Waals surface area contributed by atoms with Gasteiger partial charge in [0, 0.05) is 38.8 Å². The predicted molar refractivity (Wildman–Crippen MR) is 94.3 cm³/mol. The van der Waals surface area contributed by atoms with Gasteiger partial charge in [-0.25, -0.2) is 9.97 Å². The summed E-state index contributed by atoms with van der Waals surface area (Å²) in [5.41, 5.74) is 2.03. The maximum atomic E-state index is 12.3. The highest BCUT2D eigenvalue weighted by atomic mass is 16.5. The third-order valence-corrected chi connectivity index (χ3v) is 4.60. The highest BCUT2D eigenvalue weighted by Crippen LogP contribution is 2.24. The van der Waals surface area contributed by atoms with E-state index in [9.17, 15) is 4.79 Å². The number of methoxy groups -OCH3 is 1. The maximum absolute atomic E-state index is 12.3. The Balaban J connectivity index is 1.60. The molecule has 0 radical (unpaired) electrons. The smallest absolute Gasteiger partial charge is 0.224 e. The molecular formula is C18H23N5O2. The molecule has 1 fully saturated rings. The molecule has 0 unspecified atom stereocenters. The summed E-state index contributed by atoms with van der Waals surface area (Å²) < 4.78 is 5.51. The lowest BCUT2D eigenvalue weighted by Gasteiger charge is -2.25. The first-order valence-corrected chi connectivity index (χ1v) is 8.39. The van der Waals surface area contributed by atoms with Crippen LogP contribution in [0.15, 0.2) is 37.1 Å². The minimum Gasteiger partial charge on any atom is -0.380 e. The molecule has 1 N–H and O–H groups in total. The van der Waals surface area contributed by atoms with Crippen LogP contribution in [0.3, 0.4) is 0 Å². The van der Waals surface area contributed by atoms with Gasteiger partial charge in [0.05, 0.1) is 18.6 Å². The Hall–Kier alpha value is -2.54. The number of nitrogens with zero attached hydrogens (tertiary/aromatic N) is 4. The zero-order valence-electron chi connectivity index (χ0n) is 14.6. The molecule has 3 rings (SSSR count). The molecule has 2 aromatic heterocycles. The van der Waals surface area contributed by atoms with E-state index in [0.717, 1.165) is 29.9 Å². The summed E-state index contributed by atoms with van der Waals surface area (Å²) >= 11 is 0.